The largest absolute Gasteiger partial charge is 0.496 e. The van der Waals surface area contributed by atoms with Crippen molar-refractivity contribution in [2.45, 2.75) is 20.8 Å². The highest BCUT2D eigenvalue weighted by Gasteiger charge is 2.17. The van der Waals surface area contributed by atoms with E-state index in [0.717, 1.165) is 0 Å². The molecule has 13 heavy (non-hydrogen) atoms. The Kier molecular flexibility index (Phi) is 2.55. The van der Waals surface area contributed by atoms with Gasteiger partial charge in [0.05, 0.1) is 7.11 Å². The second-order valence-corrected chi connectivity index (χ2v) is 3.04. The lowest BCUT2D eigenvalue weighted by Gasteiger charge is -2.12. The van der Waals surface area contributed by atoms with Crippen LogP contribution in [0.5, 0.6) is 5.75 Å². The Hall–Kier alpha value is -1.12. The fourth-order valence-electron chi connectivity index (χ4n) is 1.35. The van der Waals surface area contributed by atoms with E-state index in [0.29, 0.717) is 16.9 Å². The Morgan fingerprint density at radius 2 is 1.31 bits per heavy atom. The second-order valence-electron chi connectivity index (χ2n) is 3.04. The molecule has 0 fully saturated rings. The zero-order chi connectivity index (χ0) is 10.2. The summed E-state index contributed by atoms with van der Waals surface area (Å²) in [4.78, 5) is 0. The van der Waals surface area contributed by atoms with Crippen LogP contribution in [0.2, 0.25) is 0 Å². The summed E-state index contributed by atoms with van der Waals surface area (Å²) in [5.74, 6) is -1.17. The minimum atomic E-state index is -0.819. The molecule has 0 amide bonds. The molecule has 3 heteroatoms. The summed E-state index contributed by atoms with van der Waals surface area (Å²) in [5, 5.41) is 0. The maximum atomic E-state index is 13.2. The van der Waals surface area contributed by atoms with Crippen molar-refractivity contribution in [2.24, 2.45) is 0 Å². The highest BCUT2D eigenvalue weighted by molar-refractivity contribution is 5.46. The molecule has 0 saturated carbocycles. The van der Waals surface area contributed by atoms with Crippen LogP contribution in [-0.2, 0) is 0 Å². The highest BCUT2D eigenvalue weighted by atomic mass is 19.2. The number of rotatable bonds is 1. The van der Waals surface area contributed by atoms with E-state index in [2.05, 4.69) is 0 Å². The van der Waals surface area contributed by atoms with Crippen LogP contribution in [0.4, 0.5) is 8.78 Å². The molecule has 0 aliphatic rings. The lowest BCUT2D eigenvalue weighted by atomic mass is 10.0. The number of ether oxygens (including phenoxy) is 1. The van der Waals surface area contributed by atoms with E-state index in [4.69, 9.17) is 4.74 Å². The van der Waals surface area contributed by atoms with Crippen molar-refractivity contribution in [3.8, 4) is 5.75 Å². The van der Waals surface area contributed by atoms with Gasteiger partial charge in [-0.1, -0.05) is 0 Å². The average molecular weight is 186 g/mol. The number of methoxy groups -OCH3 is 1. The SMILES string of the molecule is COc1c(C)c(C)c(F)c(F)c1C. The molecule has 0 atom stereocenters. The van der Waals surface area contributed by atoms with Crippen molar-refractivity contribution in [1.29, 1.82) is 0 Å². The van der Waals surface area contributed by atoms with Gasteiger partial charge in [-0.05, 0) is 31.9 Å². The monoisotopic (exact) mass is 186 g/mol. The molecule has 0 aromatic heterocycles. The summed E-state index contributed by atoms with van der Waals surface area (Å²) in [6, 6.07) is 0. The zero-order valence-corrected chi connectivity index (χ0v) is 8.16. The zero-order valence-electron chi connectivity index (χ0n) is 8.16. The summed E-state index contributed by atoms with van der Waals surface area (Å²) in [7, 11) is 1.45. The molecule has 0 aliphatic heterocycles. The van der Waals surface area contributed by atoms with E-state index in [1.807, 2.05) is 0 Å². The van der Waals surface area contributed by atoms with Gasteiger partial charge in [0.25, 0.3) is 0 Å². The Bertz CT molecular complexity index is 316. The van der Waals surface area contributed by atoms with Gasteiger partial charge in [-0.2, -0.15) is 0 Å². The third-order valence-corrected chi connectivity index (χ3v) is 2.30. The molecular formula is C10H12F2O. The molecule has 0 spiro atoms. The molecule has 1 aromatic rings. The van der Waals surface area contributed by atoms with E-state index in [9.17, 15) is 8.78 Å². The van der Waals surface area contributed by atoms with Crippen LogP contribution >= 0.6 is 0 Å². The smallest absolute Gasteiger partial charge is 0.165 e. The van der Waals surface area contributed by atoms with Gasteiger partial charge in [-0.3, -0.25) is 0 Å². The second kappa shape index (κ2) is 3.32. The Morgan fingerprint density at radius 1 is 0.846 bits per heavy atom. The number of hydrogen-bond donors (Lipinski definition) is 0. The minimum Gasteiger partial charge on any atom is -0.496 e. The van der Waals surface area contributed by atoms with Crippen LogP contribution in [0.3, 0.4) is 0 Å². The lowest BCUT2D eigenvalue weighted by molar-refractivity contribution is 0.396. The number of hydrogen-bond acceptors (Lipinski definition) is 1. The van der Waals surface area contributed by atoms with Crippen molar-refractivity contribution in [1.82, 2.24) is 0 Å². The Labute approximate surface area is 76.3 Å². The van der Waals surface area contributed by atoms with E-state index in [1.165, 1.54) is 21.0 Å². The van der Waals surface area contributed by atoms with Crippen LogP contribution in [0, 0.1) is 32.4 Å². The first-order chi connectivity index (χ1) is 6.00. The summed E-state index contributed by atoms with van der Waals surface area (Å²) in [6.07, 6.45) is 0. The van der Waals surface area contributed by atoms with Crippen LogP contribution < -0.4 is 4.74 Å². The molecular weight excluding hydrogens is 174 g/mol. The van der Waals surface area contributed by atoms with Gasteiger partial charge in [-0.15, -0.1) is 0 Å². The maximum absolute atomic E-state index is 13.2. The average Bonchev–Trinajstić information content (AvgIpc) is 2.13. The van der Waals surface area contributed by atoms with Crippen LogP contribution in [0.15, 0.2) is 0 Å². The van der Waals surface area contributed by atoms with Gasteiger partial charge >= 0.3 is 0 Å². The predicted molar refractivity (Wildman–Crippen MR) is 47.1 cm³/mol. The van der Waals surface area contributed by atoms with E-state index in [1.54, 1.807) is 6.92 Å². The molecule has 1 nitrogen and oxygen atoms in total. The first-order valence-corrected chi connectivity index (χ1v) is 3.99. The quantitative estimate of drug-likeness (QED) is 0.655. The number of benzene rings is 1. The highest BCUT2D eigenvalue weighted by Crippen LogP contribution is 2.30. The maximum Gasteiger partial charge on any atom is 0.165 e. The molecule has 0 unspecified atom stereocenters. The van der Waals surface area contributed by atoms with Crippen molar-refractivity contribution >= 4 is 0 Å². The Morgan fingerprint density at radius 3 is 1.77 bits per heavy atom. The van der Waals surface area contributed by atoms with E-state index < -0.39 is 11.6 Å². The summed E-state index contributed by atoms with van der Waals surface area (Å²) in [5.41, 5.74) is 1.18. The predicted octanol–water partition coefficient (Wildman–Crippen LogP) is 2.90. The van der Waals surface area contributed by atoms with Gasteiger partial charge in [0.1, 0.15) is 5.75 Å². The fourth-order valence-corrected chi connectivity index (χ4v) is 1.35. The van der Waals surface area contributed by atoms with E-state index >= 15 is 0 Å². The van der Waals surface area contributed by atoms with Gasteiger partial charge in [0.15, 0.2) is 11.6 Å². The Balaban J connectivity index is 3.56. The molecule has 1 rings (SSSR count). The first-order valence-electron chi connectivity index (χ1n) is 3.99. The van der Waals surface area contributed by atoms with Crippen LogP contribution in [0.25, 0.3) is 0 Å². The van der Waals surface area contributed by atoms with Crippen molar-refractivity contribution in [3.63, 3.8) is 0 Å². The molecule has 1 aromatic carbocycles. The van der Waals surface area contributed by atoms with Gasteiger partial charge in [-0.25, -0.2) is 8.78 Å². The fraction of sp³-hybridized carbons (Fsp3) is 0.400. The topological polar surface area (TPSA) is 9.23 Å². The third kappa shape index (κ3) is 1.39. The van der Waals surface area contributed by atoms with Crippen molar-refractivity contribution in [2.75, 3.05) is 7.11 Å². The molecule has 0 N–H and O–H groups in total. The lowest BCUT2D eigenvalue weighted by Crippen LogP contribution is -2.01. The normalized spacial score (nSPS) is 10.3. The van der Waals surface area contributed by atoms with Crippen molar-refractivity contribution in [3.05, 3.63) is 28.3 Å². The van der Waals surface area contributed by atoms with Crippen molar-refractivity contribution < 1.29 is 13.5 Å². The molecule has 0 aliphatic carbocycles. The standard InChI is InChI=1S/C10H12F2O/c1-5-6(2)10(13-4)7(3)9(12)8(5)11/h1-4H3. The molecule has 0 bridgehead atoms. The van der Waals surface area contributed by atoms with Crippen LogP contribution in [-0.4, -0.2) is 7.11 Å². The van der Waals surface area contributed by atoms with Gasteiger partial charge < -0.3 is 4.74 Å². The number of halogens is 2. The summed E-state index contributed by atoms with van der Waals surface area (Å²) in [6.45, 7) is 4.75. The summed E-state index contributed by atoms with van der Waals surface area (Å²) >= 11 is 0. The first kappa shape index (κ1) is 9.96. The van der Waals surface area contributed by atoms with Gasteiger partial charge in [0.2, 0.25) is 0 Å². The molecule has 0 saturated heterocycles. The van der Waals surface area contributed by atoms with E-state index in [-0.39, 0.29) is 5.56 Å². The molecule has 0 radical (unpaired) electrons. The van der Waals surface area contributed by atoms with Gasteiger partial charge in [0, 0.05) is 5.56 Å². The van der Waals surface area contributed by atoms with Crippen LogP contribution in [0.1, 0.15) is 16.7 Å². The molecule has 0 heterocycles. The molecule has 72 valence electrons. The third-order valence-electron chi connectivity index (χ3n) is 2.30. The summed E-state index contributed by atoms with van der Waals surface area (Å²) < 4.78 is 31.3. The minimum absolute atomic E-state index is 0.225.